The van der Waals surface area contributed by atoms with E-state index in [1.807, 2.05) is 0 Å². The van der Waals surface area contributed by atoms with Gasteiger partial charge in [0.05, 0.1) is 0 Å². The average molecular weight is 285 g/mol. The van der Waals surface area contributed by atoms with Gasteiger partial charge in [0.25, 0.3) is 0 Å². The molecule has 1 heterocycles. The van der Waals surface area contributed by atoms with Crippen molar-refractivity contribution in [3.8, 4) is 0 Å². The van der Waals surface area contributed by atoms with Crippen LogP contribution in [0, 0.1) is 0 Å². The maximum atomic E-state index is 5.99. The van der Waals surface area contributed by atoms with E-state index in [-0.39, 0.29) is 5.41 Å². The first kappa shape index (κ1) is 16.3. The van der Waals surface area contributed by atoms with Crippen LogP contribution in [-0.2, 0) is 16.0 Å². The van der Waals surface area contributed by atoms with Crippen LogP contribution in [0.1, 0.15) is 38.4 Å². The largest absolute Gasteiger partial charge is 0.385 e. The number of aromatic nitrogens is 1. The van der Waals surface area contributed by atoms with Crippen molar-refractivity contribution in [2.24, 2.45) is 0 Å². The van der Waals surface area contributed by atoms with Gasteiger partial charge in [-0.1, -0.05) is 20.8 Å². The molecule has 0 spiro atoms. The van der Waals surface area contributed by atoms with E-state index in [4.69, 9.17) is 21.3 Å². The molecule has 0 aliphatic rings. The van der Waals surface area contributed by atoms with Crippen molar-refractivity contribution in [3.63, 3.8) is 0 Å². The minimum absolute atomic E-state index is 0.0319. The van der Waals surface area contributed by atoms with Crippen LogP contribution in [0.2, 0.25) is 0 Å². The van der Waals surface area contributed by atoms with Crippen molar-refractivity contribution in [3.05, 3.63) is 23.4 Å². The van der Waals surface area contributed by atoms with Crippen molar-refractivity contribution >= 4 is 17.4 Å². The molecule has 0 radical (unpaired) electrons. The summed E-state index contributed by atoms with van der Waals surface area (Å²) in [4.78, 5) is 6.91. The van der Waals surface area contributed by atoms with Gasteiger partial charge in [0.15, 0.2) is 0 Å². The van der Waals surface area contributed by atoms with Gasteiger partial charge in [0, 0.05) is 44.3 Å². The first-order chi connectivity index (χ1) is 8.88. The fraction of sp³-hybridized carbons (Fsp3) is 0.667. The zero-order valence-corrected chi connectivity index (χ0v) is 13.4. The Labute approximate surface area is 121 Å². The highest BCUT2D eigenvalue weighted by Gasteiger charge is 2.18. The molecule has 0 bridgehead atoms. The maximum absolute atomic E-state index is 5.99. The second kappa shape index (κ2) is 7.11. The second-order valence-corrected chi connectivity index (χ2v) is 6.14. The van der Waals surface area contributed by atoms with Crippen molar-refractivity contribution in [1.29, 1.82) is 0 Å². The first-order valence-corrected chi connectivity index (χ1v) is 7.19. The van der Waals surface area contributed by atoms with Crippen LogP contribution in [0.5, 0.6) is 0 Å². The summed E-state index contributed by atoms with van der Waals surface area (Å²) in [6.07, 6.45) is 0.991. The van der Waals surface area contributed by atoms with Crippen molar-refractivity contribution in [1.82, 2.24) is 4.98 Å². The molecule has 108 valence electrons. The zero-order chi connectivity index (χ0) is 14.5. The topological polar surface area (TPSA) is 25.4 Å². The number of halogens is 1. The Morgan fingerprint density at radius 2 is 2.00 bits per heavy atom. The SMILES string of the molecule is COCCCN(C)c1cc(CCl)cc(C(C)(C)C)n1. The highest BCUT2D eigenvalue weighted by Crippen LogP contribution is 2.25. The second-order valence-electron chi connectivity index (χ2n) is 5.87. The summed E-state index contributed by atoms with van der Waals surface area (Å²) in [7, 11) is 3.78. The lowest BCUT2D eigenvalue weighted by Crippen LogP contribution is -2.23. The minimum atomic E-state index is 0.0319. The van der Waals surface area contributed by atoms with Gasteiger partial charge in [0.2, 0.25) is 0 Å². The highest BCUT2D eigenvalue weighted by atomic mass is 35.5. The lowest BCUT2D eigenvalue weighted by molar-refractivity contribution is 0.196. The quantitative estimate of drug-likeness (QED) is 0.590. The molecule has 0 aliphatic heterocycles. The van der Waals surface area contributed by atoms with E-state index in [9.17, 15) is 0 Å². The monoisotopic (exact) mass is 284 g/mol. The fourth-order valence-corrected chi connectivity index (χ4v) is 1.94. The van der Waals surface area contributed by atoms with Crippen LogP contribution >= 0.6 is 11.6 Å². The van der Waals surface area contributed by atoms with E-state index in [1.165, 1.54) is 0 Å². The molecule has 0 amide bonds. The van der Waals surface area contributed by atoms with Gasteiger partial charge >= 0.3 is 0 Å². The smallest absolute Gasteiger partial charge is 0.128 e. The summed E-state index contributed by atoms with van der Waals surface area (Å²) in [6, 6.07) is 4.16. The first-order valence-electron chi connectivity index (χ1n) is 6.66. The molecule has 0 N–H and O–H groups in total. The summed E-state index contributed by atoms with van der Waals surface area (Å²) in [5.74, 6) is 1.50. The molecule has 0 unspecified atom stereocenters. The molecule has 19 heavy (non-hydrogen) atoms. The van der Waals surface area contributed by atoms with Gasteiger partial charge in [-0.05, 0) is 24.1 Å². The molecule has 3 nitrogen and oxygen atoms in total. The van der Waals surface area contributed by atoms with Crippen molar-refractivity contribution in [2.75, 3.05) is 32.2 Å². The standard InChI is InChI=1S/C15H25ClN2O/c1-15(2,3)13-9-12(11-16)10-14(17-13)18(4)7-6-8-19-5/h9-10H,6-8,11H2,1-5H3. The molecule has 4 heteroatoms. The Morgan fingerprint density at radius 1 is 1.32 bits per heavy atom. The number of anilines is 1. The van der Waals surface area contributed by atoms with Crippen molar-refractivity contribution in [2.45, 2.75) is 38.5 Å². The van der Waals surface area contributed by atoms with E-state index in [1.54, 1.807) is 7.11 Å². The fourth-order valence-electron chi connectivity index (χ4n) is 1.79. The van der Waals surface area contributed by atoms with E-state index < -0.39 is 0 Å². The number of nitrogens with zero attached hydrogens (tertiary/aromatic N) is 2. The molecule has 1 rings (SSSR count). The number of methoxy groups -OCH3 is 1. The lowest BCUT2D eigenvalue weighted by Gasteiger charge is -2.24. The lowest BCUT2D eigenvalue weighted by atomic mass is 9.91. The van der Waals surface area contributed by atoms with Crippen LogP contribution in [0.25, 0.3) is 0 Å². The van der Waals surface area contributed by atoms with E-state index >= 15 is 0 Å². The number of rotatable bonds is 6. The normalized spacial score (nSPS) is 11.7. The number of hydrogen-bond donors (Lipinski definition) is 0. The molecule has 0 saturated heterocycles. The summed E-state index contributed by atoms with van der Waals surface area (Å²) >= 11 is 5.99. The molecule has 0 aromatic carbocycles. The van der Waals surface area contributed by atoms with Gasteiger partial charge in [-0.25, -0.2) is 4.98 Å². The van der Waals surface area contributed by atoms with E-state index in [0.29, 0.717) is 5.88 Å². The molecule has 0 saturated carbocycles. The van der Waals surface area contributed by atoms with Crippen molar-refractivity contribution < 1.29 is 4.74 Å². The van der Waals surface area contributed by atoms with Crippen LogP contribution in [-0.4, -0.2) is 32.3 Å². The van der Waals surface area contributed by atoms with Gasteiger partial charge in [-0.3, -0.25) is 0 Å². The average Bonchev–Trinajstić information content (AvgIpc) is 2.37. The van der Waals surface area contributed by atoms with Crippen LogP contribution < -0.4 is 4.90 Å². The Kier molecular flexibility index (Phi) is 6.08. The summed E-state index contributed by atoms with van der Waals surface area (Å²) in [6.45, 7) is 8.20. The molecule has 0 fully saturated rings. The van der Waals surface area contributed by atoms with Crippen LogP contribution in [0.4, 0.5) is 5.82 Å². The Bertz CT molecular complexity index is 402. The van der Waals surface area contributed by atoms with Crippen LogP contribution in [0.15, 0.2) is 12.1 Å². The predicted molar refractivity (Wildman–Crippen MR) is 82.3 cm³/mol. The minimum Gasteiger partial charge on any atom is -0.385 e. The Morgan fingerprint density at radius 3 is 2.53 bits per heavy atom. The number of ether oxygens (including phenoxy) is 1. The van der Waals surface area contributed by atoms with Gasteiger partial charge < -0.3 is 9.64 Å². The van der Waals surface area contributed by atoms with Gasteiger partial charge in [-0.15, -0.1) is 11.6 Å². The van der Waals surface area contributed by atoms with Crippen LogP contribution in [0.3, 0.4) is 0 Å². The van der Waals surface area contributed by atoms with Gasteiger partial charge in [0.1, 0.15) is 5.82 Å². The van der Waals surface area contributed by atoms with E-state index in [0.717, 1.165) is 36.6 Å². The highest BCUT2D eigenvalue weighted by molar-refractivity contribution is 6.17. The van der Waals surface area contributed by atoms with Gasteiger partial charge in [-0.2, -0.15) is 0 Å². The Balaban J connectivity index is 2.93. The summed E-state index contributed by atoms with van der Waals surface area (Å²) in [5, 5.41) is 0. The third-order valence-corrected chi connectivity index (χ3v) is 3.34. The molecule has 0 aliphatic carbocycles. The number of pyridine rings is 1. The number of hydrogen-bond acceptors (Lipinski definition) is 3. The number of alkyl halides is 1. The maximum Gasteiger partial charge on any atom is 0.128 e. The summed E-state index contributed by atoms with van der Waals surface area (Å²) < 4.78 is 5.08. The molecule has 1 aromatic heterocycles. The Hall–Kier alpha value is -0.800. The molecule has 1 aromatic rings. The molecular weight excluding hydrogens is 260 g/mol. The zero-order valence-electron chi connectivity index (χ0n) is 12.7. The third kappa shape index (κ3) is 5.00. The van der Waals surface area contributed by atoms with E-state index in [2.05, 4.69) is 44.9 Å². The summed E-state index contributed by atoms with van der Waals surface area (Å²) in [5.41, 5.74) is 2.24. The predicted octanol–water partition coefficient (Wildman–Crippen LogP) is 3.59. The third-order valence-electron chi connectivity index (χ3n) is 3.03. The molecule has 0 atom stereocenters. The molecular formula is C15H25ClN2O.